The summed E-state index contributed by atoms with van der Waals surface area (Å²) in [4.78, 5) is 43.3. The van der Waals surface area contributed by atoms with Gasteiger partial charge >= 0.3 is 160 Å². The second-order valence-corrected chi connectivity index (χ2v) is 7.91. The van der Waals surface area contributed by atoms with Crippen molar-refractivity contribution >= 4 is 95.1 Å². The summed E-state index contributed by atoms with van der Waals surface area (Å²) in [5.41, 5.74) is 16.7. The number of likely N-dealkylation sites (N-methyl/N-ethyl adjacent to an activating group) is 2. The molecule has 14 nitrogen and oxygen atoms in total. The van der Waals surface area contributed by atoms with Gasteiger partial charge in [-0.25, -0.2) is 4.79 Å². The predicted molar refractivity (Wildman–Crippen MR) is 209 cm³/mol. The van der Waals surface area contributed by atoms with E-state index in [-0.39, 0.29) is 195 Å². The molecule has 0 radical (unpaired) electrons. The molecular weight excluding hydrogens is 855 g/mol. The number of ether oxygens (including phenoxy) is 4. The first kappa shape index (κ1) is 70.4. The smallest absolute Gasteiger partial charge is 0.632 e. The van der Waals surface area contributed by atoms with Gasteiger partial charge in [-0.3, -0.25) is 21.3 Å². The zero-order valence-corrected chi connectivity index (χ0v) is 44.3. The average Bonchev–Trinajstić information content (AvgIpc) is 3.09. The van der Waals surface area contributed by atoms with Crippen LogP contribution >= 0.6 is 24.0 Å². The SMILES string of the molecule is C.CNCCOC([NH-])=O.CNc1ccc(COC(=O)N(C)CCOC([NH-])=O)cc1.P=S.P=S.P=S.[CH2-]C(=O)OCc1ccc(NC)cc1.[K+].[K+].[K+]. The molecule has 0 saturated carbocycles. The van der Waals surface area contributed by atoms with E-state index in [9.17, 15) is 19.2 Å². The summed E-state index contributed by atoms with van der Waals surface area (Å²) in [6, 6.07) is 15.1. The van der Waals surface area contributed by atoms with Crippen molar-refractivity contribution in [1.82, 2.24) is 10.2 Å². The van der Waals surface area contributed by atoms with Gasteiger partial charge < -0.3 is 51.3 Å². The molecule has 2 aromatic rings. The van der Waals surface area contributed by atoms with Crippen molar-refractivity contribution in [3.63, 3.8) is 0 Å². The van der Waals surface area contributed by atoms with Crippen molar-refractivity contribution in [2.75, 3.05) is 65.1 Å². The number of benzene rings is 2. The van der Waals surface area contributed by atoms with Crippen molar-refractivity contribution < 1.29 is 192 Å². The second kappa shape index (κ2) is 53.7. The van der Waals surface area contributed by atoms with Gasteiger partial charge in [-0.15, -0.1) is 0 Å². The maximum absolute atomic E-state index is 11.6. The molecule has 5 N–H and O–H groups in total. The third-order valence-electron chi connectivity index (χ3n) is 4.80. The summed E-state index contributed by atoms with van der Waals surface area (Å²) in [5, 5.41) is 8.76. The second-order valence-electron chi connectivity index (χ2n) is 7.91. The minimum absolute atomic E-state index is 0. The van der Waals surface area contributed by atoms with Gasteiger partial charge in [0, 0.05) is 39.1 Å². The number of nitrogens with zero attached hydrogens (tertiary/aromatic N) is 1. The van der Waals surface area contributed by atoms with E-state index in [1.165, 1.54) is 11.9 Å². The normalized spacial score (nSPS) is 7.76. The number of esters is 1. The molecule has 2 rings (SSSR count). The summed E-state index contributed by atoms with van der Waals surface area (Å²) >= 11 is 11.7. The van der Waals surface area contributed by atoms with Crippen LogP contribution in [0.2, 0.25) is 0 Å². The molecule has 0 bridgehead atoms. The van der Waals surface area contributed by atoms with Crippen LogP contribution < -0.4 is 170 Å². The van der Waals surface area contributed by atoms with E-state index in [2.05, 4.69) is 91.8 Å². The molecule has 0 fully saturated rings. The van der Waals surface area contributed by atoms with Crippen LogP contribution in [0.25, 0.3) is 11.5 Å². The number of nitrogens with one attached hydrogen (secondary N) is 5. The van der Waals surface area contributed by atoms with Crippen molar-refractivity contribution in [1.29, 1.82) is 0 Å². The zero-order valence-electron chi connectivity index (χ0n) is 29.5. The molecule has 0 saturated heterocycles. The van der Waals surface area contributed by atoms with Gasteiger partial charge in [0.15, 0.2) is 5.97 Å². The monoisotopic (exact) mass is 900 g/mol. The molecule has 0 heterocycles. The van der Waals surface area contributed by atoms with Gasteiger partial charge in [0.25, 0.3) is 0 Å². The Labute approximate surface area is 452 Å². The van der Waals surface area contributed by atoms with Gasteiger partial charge in [0.05, 0.1) is 6.54 Å². The number of anilines is 2. The minimum Gasteiger partial charge on any atom is -0.632 e. The third kappa shape index (κ3) is 49.6. The van der Waals surface area contributed by atoms with Crippen molar-refractivity contribution in [2.24, 2.45) is 0 Å². The third-order valence-corrected chi connectivity index (χ3v) is 4.80. The molecule has 2 aromatic carbocycles. The molecule has 0 aliphatic carbocycles. The van der Waals surface area contributed by atoms with Crippen LogP contribution in [0.1, 0.15) is 18.6 Å². The summed E-state index contributed by atoms with van der Waals surface area (Å²) in [6.07, 6.45) is -2.60. The molecule has 0 aliphatic rings. The fraction of sp³-hybridized carbons (Fsp3) is 0.393. The van der Waals surface area contributed by atoms with Gasteiger partial charge in [-0.2, -0.15) is 0 Å². The Kier molecular flexibility index (Phi) is 74.2. The summed E-state index contributed by atoms with van der Waals surface area (Å²) < 4.78 is 18.5. The van der Waals surface area contributed by atoms with E-state index < -0.39 is 24.2 Å². The standard InChI is InChI=1S/C13H19N3O4.C10H12NO2.C4H10N2O2.CH4.3K.3HPS/c1-15-11-5-3-10(4-6-11)9-20-13(18)16(2)7-8-19-12(14)17;1-8(12)13-7-9-3-5-10(11-2)6-4-9;1-6-2-3-8-4(5)7;;;;;3*1-2/h3-6,15H,7-9H2,1-2H3,(H2,14,17);3-6,11H,1,7H2,2H3;6H,2-3H2,1H3,(H2,5,7);1H4;;;;3*1H/q;-1;;;3*+1;;;/p-2. The number of carbonyl (C=O) groups is 4. The Morgan fingerprint density at radius 3 is 1.35 bits per heavy atom. The van der Waals surface area contributed by atoms with E-state index >= 15 is 0 Å². The topological polar surface area (TPSA) is 192 Å². The van der Waals surface area contributed by atoms with Crippen LogP contribution in [-0.4, -0.2) is 83.6 Å². The van der Waals surface area contributed by atoms with Gasteiger partial charge in [0.2, 0.25) is 12.2 Å². The predicted octanol–water partition coefficient (Wildman–Crippen LogP) is -2.09. The Morgan fingerprint density at radius 2 is 1.04 bits per heavy atom. The molecule has 3 amide bonds. The molecule has 272 valence electrons. The van der Waals surface area contributed by atoms with E-state index in [4.69, 9.17) is 20.9 Å². The maximum Gasteiger partial charge on any atom is 1.00 e. The molecule has 0 spiro atoms. The first-order chi connectivity index (χ1) is 22.5. The summed E-state index contributed by atoms with van der Waals surface area (Å²) in [6.45, 7) is 4.61. The molecule has 0 atom stereocenters. The van der Waals surface area contributed by atoms with Crippen molar-refractivity contribution in [3.05, 3.63) is 78.0 Å². The van der Waals surface area contributed by atoms with Crippen LogP contribution in [0, 0.1) is 6.92 Å². The van der Waals surface area contributed by atoms with Gasteiger partial charge in [-0.1, -0.05) is 67.1 Å². The quantitative estimate of drug-likeness (QED) is 0.0525. The van der Waals surface area contributed by atoms with E-state index in [0.29, 0.717) is 6.54 Å². The molecule has 23 heteroatoms. The molecule has 0 aliphatic heterocycles. The Bertz CT molecular complexity index is 1130. The number of rotatable bonds is 12. The average molecular weight is 901 g/mol. The molecule has 51 heavy (non-hydrogen) atoms. The first-order valence-electron chi connectivity index (χ1n) is 12.9. The van der Waals surface area contributed by atoms with Crippen LogP contribution in [0.5, 0.6) is 0 Å². The van der Waals surface area contributed by atoms with E-state index in [1.807, 2.05) is 62.6 Å². The summed E-state index contributed by atoms with van der Waals surface area (Å²) in [5.74, 6) is -0.502. The van der Waals surface area contributed by atoms with E-state index in [1.54, 1.807) is 7.05 Å². The van der Waals surface area contributed by atoms with Gasteiger partial charge in [0.1, 0.15) is 26.4 Å². The van der Waals surface area contributed by atoms with Crippen molar-refractivity contribution in [2.45, 2.75) is 20.6 Å². The fourth-order valence-corrected chi connectivity index (χ4v) is 2.57. The summed E-state index contributed by atoms with van der Waals surface area (Å²) in [7, 11) is 14.6. The number of amides is 3. The molecule has 0 unspecified atom stereocenters. The fourth-order valence-electron chi connectivity index (χ4n) is 2.57. The van der Waals surface area contributed by atoms with Crippen LogP contribution in [0.15, 0.2) is 48.5 Å². The molecule has 0 aromatic heterocycles. The zero-order chi connectivity index (χ0) is 37.0. The van der Waals surface area contributed by atoms with E-state index in [0.717, 1.165) is 22.5 Å². The molecular formula is C28H46K3N6O8P3S3. The number of hydrogen-bond donors (Lipinski definition) is 3. The first-order valence-corrected chi connectivity index (χ1v) is 17.8. The van der Waals surface area contributed by atoms with Crippen LogP contribution in [-0.2, 0) is 72.4 Å². The largest absolute Gasteiger partial charge is 1.00 e. The Balaban J connectivity index is -0.0000000868. The number of carbonyl (C=O) groups excluding carboxylic acids is 4. The maximum atomic E-state index is 11.6. The number of hydrogen-bond acceptors (Lipinski definition) is 14. The Morgan fingerprint density at radius 1 is 0.686 bits per heavy atom. The van der Waals surface area contributed by atoms with Crippen molar-refractivity contribution in [3.8, 4) is 0 Å². The Hall–Kier alpha value is 1.62. The van der Waals surface area contributed by atoms with Gasteiger partial charge in [-0.05, 0) is 66.5 Å². The van der Waals surface area contributed by atoms with Crippen LogP contribution in [0.4, 0.5) is 25.8 Å². The van der Waals surface area contributed by atoms with Crippen LogP contribution in [0.3, 0.4) is 0 Å². The minimum atomic E-state index is -1.11.